The smallest absolute Gasteiger partial charge is 0.143 e. The Hall–Kier alpha value is -2.89. The quantitative estimate of drug-likeness (QED) is 0.488. The van der Waals surface area contributed by atoms with Gasteiger partial charge in [-0.25, -0.2) is 9.97 Å². The summed E-state index contributed by atoms with van der Waals surface area (Å²) in [6.45, 7) is 1.53. The Morgan fingerprint density at radius 1 is 1.04 bits per heavy atom. The van der Waals surface area contributed by atoms with Crippen molar-refractivity contribution in [2.45, 2.75) is 13.1 Å². The maximum Gasteiger partial charge on any atom is 0.143 e. The molecule has 0 spiro atoms. The van der Waals surface area contributed by atoms with E-state index in [4.69, 9.17) is 11.6 Å². The molecule has 5 nitrogen and oxygen atoms in total. The normalized spacial score (nSPS) is 11.3. The van der Waals surface area contributed by atoms with Crippen molar-refractivity contribution in [1.29, 1.82) is 0 Å². The van der Waals surface area contributed by atoms with Crippen LogP contribution in [-0.2, 0) is 13.1 Å². The minimum Gasteiger partial charge on any atom is -0.365 e. The molecule has 0 bridgehead atoms. The summed E-state index contributed by atoms with van der Waals surface area (Å²) in [5.41, 5.74) is 5.27. The summed E-state index contributed by atoms with van der Waals surface area (Å²) in [4.78, 5) is 14.3. The lowest BCUT2D eigenvalue weighted by Crippen LogP contribution is -2.10. The minimum atomic E-state index is 0.603. The van der Waals surface area contributed by atoms with Gasteiger partial charge in [0.25, 0.3) is 0 Å². The van der Waals surface area contributed by atoms with Crippen LogP contribution >= 0.6 is 11.6 Å². The van der Waals surface area contributed by atoms with Crippen molar-refractivity contribution in [3.63, 3.8) is 0 Å². The van der Waals surface area contributed by atoms with Crippen molar-refractivity contribution in [3.8, 4) is 11.3 Å². The van der Waals surface area contributed by atoms with Gasteiger partial charge >= 0.3 is 0 Å². The number of aromatic nitrogens is 3. The van der Waals surface area contributed by atoms with E-state index in [1.54, 1.807) is 6.33 Å². The molecule has 0 aliphatic carbocycles. The fraction of sp³-hybridized carbons (Fsp3) is 0.182. The number of fused-ring (bicyclic) bond motifs is 1. The van der Waals surface area contributed by atoms with E-state index in [0.29, 0.717) is 6.54 Å². The molecule has 2 aromatic heterocycles. The van der Waals surface area contributed by atoms with Crippen LogP contribution in [0.1, 0.15) is 11.1 Å². The van der Waals surface area contributed by atoms with E-state index in [1.165, 1.54) is 5.56 Å². The molecule has 0 radical (unpaired) electrons. The maximum atomic E-state index is 6.26. The molecule has 0 atom stereocenters. The van der Waals surface area contributed by atoms with E-state index in [2.05, 4.69) is 69.6 Å². The highest BCUT2D eigenvalue weighted by atomic mass is 35.5. The summed E-state index contributed by atoms with van der Waals surface area (Å²) in [6, 6.07) is 18.5. The highest BCUT2D eigenvalue weighted by molar-refractivity contribution is 6.31. The zero-order chi connectivity index (χ0) is 19.5. The first kappa shape index (κ1) is 18.5. The third-order valence-electron chi connectivity index (χ3n) is 4.59. The molecule has 0 fully saturated rings. The van der Waals surface area contributed by atoms with Crippen molar-refractivity contribution in [1.82, 2.24) is 19.9 Å². The Bertz CT molecular complexity index is 1090. The third-order valence-corrected chi connectivity index (χ3v) is 4.96. The van der Waals surface area contributed by atoms with Gasteiger partial charge in [-0.2, -0.15) is 0 Å². The molecule has 0 amide bonds. The van der Waals surface area contributed by atoms with E-state index < -0.39 is 0 Å². The van der Waals surface area contributed by atoms with E-state index in [9.17, 15) is 0 Å². The monoisotopic (exact) mass is 391 g/mol. The minimum absolute atomic E-state index is 0.603. The van der Waals surface area contributed by atoms with Gasteiger partial charge in [0.1, 0.15) is 17.8 Å². The predicted molar refractivity (Wildman–Crippen MR) is 115 cm³/mol. The molecule has 4 rings (SSSR count). The summed E-state index contributed by atoms with van der Waals surface area (Å²) in [6.07, 6.45) is 1.57. The SMILES string of the molecule is CN(C)Cc1ccc(-c2cc3c(NCc4ccccc4Cl)ncnc3[nH]2)cc1. The number of hydrogen-bond acceptors (Lipinski definition) is 4. The van der Waals surface area contributed by atoms with E-state index >= 15 is 0 Å². The molecule has 0 saturated heterocycles. The van der Waals surface area contributed by atoms with E-state index in [1.807, 2.05) is 24.3 Å². The predicted octanol–water partition coefficient (Wildman–Crippen LogP) is 4.95. The first-order chi connectivity index (χ1) is 13.6. The van der Waals surface area contributed by atoms with Crippen LogP contribution < -0.4 is 5.32 Å². The van der Waals surface area contributed by atoms with Gasteiger partial charge in [0.2, 0.25) is 0 Å². The lowest BCUT2D eigenvalue weighted by molar-refractivity contribution is 0.402. The molecule has 0 saturated carbocycles. The molecule has 2 aromatic carbocycles. The number of benzene rings is 2. The fourth-order valence-electron chi connectivity index (χ4n) is 3.21. The molecule has 28 heavy (non-hydrogen) atoms. The Morgan fingerprint density at radius 3 is 2.57 bits per heavy atom. The highest BCUT2D eigenvalue weighted by Crippen LogP contribution is 2.27. The standard InChI is InChI=1S/C22H22ClN5/c1-28(2)13-15-7-9-16(10-8-15)20-11-18-21(25-14-26-22(18)27-20)24-12-17-5-3-4-6-19(17)23/h3-11,14H,12-13H2,1-2H3,(H2,24,25,26,27). The molecular weight excluding hydrogens is 370 g/mol. The maximum absolute atomic E-state index is 6.26. The number of halogens is 1. The largest absolute Gasteiger partial charge is 0.365 e. The second-order valence-electron chi connectivity index (χ2n) is 7.05. The molecule has 0 unspecified atom stereocenters. The number of aromatic amines is 1. The number of hydrogen-bond donors (Lipinski definition) is 2. The fourth-order valence-corrected chi connectivity index (χ4v) is 3.41. The van der Waals surface area contributed by atoms with Gasteiger partial charge in [0.05, 0.1) is 5.39 Å². The summed E-state index contributed by atoms with van der Waals surface area (Å²) in [5.74, 6) is 0.789. The van der Waals surface area contributed by atoms with Crippen LogP contribution in [0, 0.1) is 0 Å². The lowest BCUT2D eigenvalue weighted by atomic mass is 10.1. The third kappa shape index (κ3) is 4.01. The number of nitrogens with one attached hydrogen (secondary N) is 2. The molecule has 2 N–H and O–H groups in total. The number of anilines is 1. The zero-order valence-electron chi connectivity index (χ0n) is 15.9. The Balaban J connectivity index is 1.59. The Labute approximate surface area is 169 Å². The molecule has 0 aliphatic heterocycles. The van der Waals surface area contributed by atoms with Crippen LogP contribution in [0.2, 0.25) is 5.02 Å². The summed E-state index contributed by atoms with van der Waals surface area (Å²) < 4.78 is 0. The second-order valence-corrected chi connectivity index (χ2v) is 7.45. The van der Waals surface area contributed by atoms with Gasteiger partial charge in [-0.1, -0.05) is 54.1 Å². The topological polar surface area (TPSA) is 56.8 Å². The zero-order valence-corrected chi connectivity index (χ0v) is 16.7. The van der Waals surface area contributed by atoms with Crippen molar-refractivity contribution in [2.24, 2.45) is 0 Å². The number of H-pyrrole nitrogens is 1. The molecule has 4 aromatic rings. The van der Waals surface area contributed by atoms with Gasteiger partial charge in [-0.3, -0.25) is 0 Å². The van der Waals surface area contributed by atoms with Crippen molar-refractivity contribution < 1.29 is 0 Å². The first-order valence-electron chi connectivity index (χ1n) is 9.15. The van der Waals surface area contributed by atoms with Gasteiger partial charge in [0.15, 0.2) is 0 Å². The molecular formula is C22H22ClN5. The van der Waals surface area contributed by atoms with Crippen molar-refractivity contribution >= 4 is 28.5 Å². The van der Waals surface area contributed by atoms with Crippen molar-refractivity contribution in [2.75, 3.05) is 19.4 Å². The van der Waals surface area contributed by atoms with Gasteiger partial charge in [-0.15, -0.1) is 0 Å². The lowest BCUT2D eigenvalue weighted by Gasteiger charge is -2.09. The molecule has 2 heterocycles. The second kappa shape index (κ2) is 8.00. The van der Waals surface area contributed by atoms with E-state index in [0.717, 1.165) is 45.2 Å². The van der Waals surface area contributed by atoms with Crippen LogP contribution in [0.25, 0.3) is 22.3 Å². The van der Waals surface area contributed by atoms with Crippen LogP contribution in [0.3, 0.4) is 0 Å². The molecule has 6 heteroatoms. The summed E-state index contributed by atoms with van der Waals surface area (Å²) >= 11 is 6.26. The molecule has 0 aliphatic rings. The summed E-state index contributed by atoms with van der Waals surface area (Å²) in [5, 5.41) is 5.08. The number of nitrogens with zero attached hydrogens (tertiary/aromatic N) is 3. The average Bonchev–Trinajstić information content (AvgIpc) is 3.12. The van der Waals surface area contributed by atoms with Crippen LogP contribution in [0.4, 0.5) is 5.82 Å². The number of rotatable bonds is 6. The van der Waals surface area contributed by atoms with Crippen LogP contribution in [0.15, 0.2) is 60.9 Å². The van der Waals surface area contributed by atoms with Gasteiger partial charge < -0.3 is 15.2 Å². The van der Waals surface area contributed by atoms with E-state index in [-0.39, 0.29) is 0 Å². The van der Waals surface area contributed by atoms with Crippen LogP contribution in [-0.4, -0.2) is 33.9 Å². The average molecular weight is 392 g/mol. The first-order valence-corrected chi connectivity index (χ1v) is 9.53. The Kier molecular flexibility index (Phi) is 5.28. The summed E-state index contributed by atoms with van der Waals surface area (Å²) in [7, 11) is 4.14. The Morgan fingerprint density at radius 2 is 1.82 bits per heavy atom. The van der Waals surface area contributed by atoms with Gasteiger partial charge in [-0.05, 0) is 42.9 Å². The van der Waals surface area contributed by atoms with Crippen molar-refractivity contribution in [3.05, 3.63) is 77.1 Å². The highest BCUT2D eigenvalue weighted by Gasteiger charge is 2.10. The molecule has 142 valence electrons. The van der Waals surface area contributed by atoms with Crippen LogP contribution in [0.5, 0.6) is 0 Å². The van der Waals surface area contributed by atoms with Gasteiger partial charge in [0, 0.05) is 23.8 Å².